The maximum atomic E-state index is 12.2. The van der Waals surface area contributed by atoms with Crippen molar-refractivity contribution in [3.05, 3.63) is 47.4 Å². The summed E-state index contributed by atoms with van der Waals surface area (Å²) < 4.78 is 1.76. The number of hydrogen-bond acceptors (Lipinski definition) is 5. The summed E-state index contributed by atoms with van der Waals surface area (Å²) in [4.78, 5) is 30.1. The zero-order chi connectivity index (χ0) is 20.4. The Hall–Kier alpha value is -2.87. The Bertz CT molecular complexity index is 888. The van der Waals surface area contributed by atoms with Gasteiger partial charge in [0, 0.05) is 26.1 Å². The number of anilines is 1. The fourth-order valence-corrected chi connectivity index (χ4v) is 3.58. The van der Waals surface area contributed by atoms with Crippen LogP contribution in [-0.2, 0) is 24.4 Å². The van der Waals surface area contributed by atoms with Gasteiger partial charge in [-0.05, 0) is 30.4 Å². The van der Waals surface area contributed by atoms with E-state index in [0.717, 1.165) is 23.5 Å². The lowest BCUT2D eigenvalue weighted by Crippen LogP contribution is -2.53. The maximum Gasteiger partial charge on any atom is 0.275 e. The van der Waals surface area contributed by atoms with Gasteiger partial charge in [-0.15, -0.1) is 0 Å². The molecule has 1 atom stereocenters. The van der Waals surface area contributed by atoms with Crippen molar-refractivity contribution < 1.29 is 14.7 Å². The first-order chi connectivity index (χ1) is 14.0. The van der Waals surface area contributed by atoms with E-state index in [9.17, 15) is 14.7 Å². The van der Waals surface area contributed by atoms with Crippen molar-refractivity contribution in [3.8, 4) is 0 Å². The first kappa shape index (κ1) is 19.4. The summed E-state index contributed by atoms with van der Waals surface area (Å²) >= 11 is 0. The smallest absolute Gasteiger partial charge is 0.275 e. The minimum atomic E-state index is -1.12. The fraction of sp³-hybridized carbons (Fsp3) is 0.476. The van der Waals surface area contributed by atoms with Gasteiger partial charge < -0.3 is 25.2 Å². The molecule has 29 heavy (non-hydrogen) atoms. The predicted molar refractivity (Wildman–Crippen MR) is 108 cm³/mol. The van der Waals surface area contributed by atoms with Crippen molar-refractivity contribution in [1.82, 2.24) is 20.2 Å². The number of nitrogens with one attached hydrogen (secondary N) is 2. The van der Waals surface area contributed by atoms with Gasteiger partial charge in [0.2, 0.25) is 12.3 Å². The molecule has 1 saturated carbocycles. The molecule has 154 valence electrons. The van der Waals surface area contributed by atoms with E-state index >= 15 is 0 Å². The summed E-state index contributed by atoms with van der Waals surface area (Å²) in [6.45, 7) is 3.48. The van der Waals surface area contributed by atoms with Crippen molar-refractivity contribution in [2.45, 2.75) is 58.6 Å². The van der Waals surface area contributed by atoms with Gasteiger partial charge in [-0.25, -0.2) is 4.98 Å². The van der Waals surface area contributed by atoms with Gasteiger partial charge in [-0.3, -0.25) is 9.59 Å². The highest BCUT2D eigenvalue weighted by atomic mass is 16.3. The Kier molecular flexibility index (Phi) is 5.53. The second-order valence-corrected chi connectivity index (χ2v) is 7.75. The van der Waals surface area contributed by atoms with Crippen molar-refractivity contribution in [1.29, 1.82) is 0 Å². The molecule has 4 rings (SSSR count). The lowest BCUT2D eigenvalue weighted by atomic mass is 10.1. The van der Waals surface area contributed by atoms with Crippen LogP contribution in [0, 0.1) is 5.92 Å². The number of hydrogen-bond donors (Lipinski definition) is 3. The van der Waals surface area contributed by atoms with Crippen molar-refractivity contribution in [2.24, 2.45) is 5.92 Å². The van der Waals surface area contributed by atoms with Crippen LogP contribution >= 0.6 is 0 Å². The van der Waals surface area contributed by atoms with E-state index in [1.54, 1.807) is 15.8 Å². The number of aliphatic hydroxyl groups is 1. The molecule has 0 saturated heterocycles. The third-order valence-corrected chi connectivity index (χ3v) is 5.54. The van der Waals surface area contributed by atoms with E-state index in [0.29, 0.717) is 37.6 Å². The SMILES string of the molecule is CCn1cnc2c1C(=O)NC(O)N2Cc1ccc(CNC(=O)CCC2CC2)cc1. The Balaban J connectivity index is 1.37. The molecule has 1 aliphatic carbocycles. The average molecular weight is 397 g/mol. The Labute approximate surface area is 169 Å². The van der Waals surface area contributed by atoms with E-state index in [1.165, 1.54) is 12.8 Å². The first-order valence-electron chi connectivity index (χ1n) is 10.2. The molecule has 1 unspecified atom stereocenters. The standard InChI is InChI=1S/C21H27N5O3/c1-2-25-13-23-19-18(25)20(28)24-21(29)26(19)12-16-7-5-15(6-8-16)11-22-17(27)10-9-14-3-4-14/h5-8,13-14,21,29H,2-4,9-12H2,1H3,(H,22,27)(H,24,28). The minimum Gasteiger partial charge on any atom is -0.356 e. The molecule has 0 bridgehead atoms. The summed E-state index contributed by atoms with van der Waals surface area (Å²) in [7, 11) is 0. The van der Waals surface area contributed by atoms with Crippen LogP contribution in [-0.4, -0.2) is 32.8 Å². The first-order valence-corrected chi connectivity index (χ1v) is 10.2. The van der Waals surface area contributed by atoms with Crippen LogP contribution in [0.15, 0.2) is 30.6 Å². The Morgan fingerprint density at radius 1 is 1.28 bits per heavy atom. The summed E-state index contributed by atoms with van der Waals surface area (Å²) in [6.07, 6.45) is 4.63. The molecular formula is C21H27N5O3. The molecule has 2 aromatic rings. The molecule has 1 aromatic heterocycles. The van der Waals surface area contributed by atoms with Gasteiger partial charge in [0.25, 0.3) is 5.91 Å². The molecule has 8 nitrogen and oxygen atoms in total. The van der Waals surface area contributed by atoms with Crippen molar-refractivity contribution in [3.63, 3.8) is 0 Å². The number of aromatic nitrogens is 2. The number of rotatable bonds is 8. The van der Waals surface area contributed by atoms with E-state index in [4.69, 9.17) is 0 Å². The molecule has 0 radical (unpaired) electrons. The number of amides is 2. The second-order valence-electron chi connectivity index (χ2n) is 7.75. The van der Waals surface area contributed by atoms with Crippen LogP contribution in [0.5, 0.6) is 0 Å². The number of nitrogens with zero attached hydrogens (tertiary/aromatic N) is 3. The van der Waals surface area contributed by atoms with Gasteiger partial charge in [-0.2, -0.15) is 0 Å². The van der Waals surface area contributed by atoms with Crippen LogP contribution in [0.3, 0.4) is 0 Å². The van der Waals surface area contributed by atoms with Gasteiger partial charge in [0.05, 0.1) is 6.33 Å². The zero-order valence-corrected chi connectivity index (χ0v) is 16.6. The predicted octanol–water partition coefficient (Wildman–Crippen LogP) is 1.74. The zero-order valence-electron chi connectivity index (χ0n) is 16.6. The van der Waals surface area contributed by atoms with Gasteiger partial charge >= 0.3 is 0 Å². The van der Waals surface area contributed by atoms with Crippen LogP contribution in [0.4, 0.5) is 5.82 Å². The second kappa shape index (κ2) is 8.24. The van der Waals surface area contributed by atoms with Crippen LogP contribution in [0.25, 0.3) is 0 Å². The lowest BCUT2D eigenvalue weighted by Gasteiger charge is -2.33. The van der Waals surface area contributed by atoms with E-state index in [1.807, 2.05) is 31.2 Å². The molecular weight excluding hydrogens is 370 g/mol. The summed E-state index contributed by atoms with van der Waals surface area (Å²) in [6, 6.07) is 7.87. The van der Waals surface area contributed by atoms with Gasteiger partial charge in [-0.1, -0.05) is 37.1 Å². The number of aliphatic hydroxyl groups excluding tert-OH is 1. The molecule has 0 spiro atoms. The van der Waals surface area contributed by atoms with Crippen molar-refractivity contribution in [2.75, 3.05) is 4.90 Å². The number of fused-ring (bicyclic) bond motifs is 1. The molecule has 1 aliphatic heterocycles. The highest BCUT2D eigenvalue weighted by Crippen LogP contribution is 2.33. The monoisotopic (exact) mass is 397 g/mol. The summed E-state index contributed by atoms with van der Waals surface area (Å²) in [5, 5.41) is 15.9. The van der Waals surface area contributed by atoms with Crippen LogP contribution in [0.2, 0.25) is 0 Å². The number of imidazole rings is 1. The average Bonchev–Trinajstić information content (AvgIpc) is 3.45. The number of benzene rings is 1. The van der Waals surface area contributed by atoms with E-state index < -0.39 is 6.35 Å². The molecule has 8 heteroatoms. The minimum absolute atomic E-state index is 0.104. The molecule has 1 aromatic carbocycles. The molecule has 1 fully saturated rings. The number of aryl methyl sites for hydroxylation is 1. The number of carbonyl (C=O) groups excluding carboxylic acids is 2. The molecule has 2 aliphatic rings. The third kappa shape index (κ3) is 4.42. The topological polar surface area (TPSA) is 99.5 Å². The van der Waals surface area contributed by atoms with E-state index in [-0.39, 0.29) is 11.8 Å². The van der Waals surface area contributed by atoms with Crippen LogP contribution < -0.4 is 15.5 Å². The molecule has 2 heterocycles. The lowest BCUT2D eigenvalue weighted by molar-refractivity contribution is -0.121. The molecule has 2 amide bonds. The normalized spacial score (nSPS) is 18.3. The summed E-state index contributed by atoms with van der Waals surface area (Å²) in [5.74, 6) is 1.03. The van der Waals surface area contributed by atoms with Crippen molar-refractivity contribution >= 4 is 17.6 Å². The third-order valence-electron chi connectivity index (χ3n) is 5.54. The highest BCUT2D eigenvalue weighted by Gasteiger charge is 2.33. The largest absolute Gasteiger partial charge is 0.356 e. The highest BCUT2D eigenvalue weighted by molar-refractivity contribution is 5.99. The Morgan fingerprint density at radius 2 is 2.00 bits per heavy atom. The number of carbonyl (C=O) groups is 2. The quantitative estimate of drug-likeness (QED) is 0.630. The Morgan fingerprint density at radius 3 is 2.69 bits per heavy atom. The van der Waals surface area contributed by atoms with Gasteiger partial charge in [0.1, 0.15) is 0 Å². The fourth-order valence-electron chi connectivity index (χ4n) is 3.58. The van der Waals surface area contributed by atoms with Crippen LogP contribution in [0.1, 0.15) is 54.2 Å². The summed E-state index contributed by atoms with van der Waals surface area (Å²) in [5.41, 5.74) is 2.46. The maximum absolute atomic E-state index is 12.2. The van der Waals surface area contributed by atoms with E-state index in [2.05, 4.69) is 15.6 Å². The van der Waals surface area contributed by atoms with Gasteiger partial charge in [0.15, 0.2) is 11.5 Å². The molecule has 3 N–H and O–H groups in total.